The van der Waals surface area contributed by atoms with E-state index in [2.05, 4.69) is 18.8 Å². The molecule has 0 saturated carbocycles. The van der Waals surface area contributed by atoms with Crippen molar-refractivity contribution < 1.29 is 14.3 Å². The molecular formula is C16H21NO3. The van der Waals surface area contributed by atoms with Gasteiger partial charge in [-0.15, -0.1) is 0 Å². The van der Waals surface area contributed by atoms with E-state index in [0.29, 0.717) is 18.2 Å². The van der Waals surface area contributed by atoms with E-state index >= 15 is 0 Å². The molecule has 0 spiro atoms. The van der Waals surface area contributed by atoms with Gasteiger partial charge < -0.3 is 9.47 Å². The Kier molecular flexibility index (Phi) is 4.90. The molecule has 4 heteroatoms. The molecule has 0 radical (unpaired) electrons. The van der Waals surface area contributed by atoms with Gasteiger partial charge in [-0.25, -0.2) is 9.79 Å². The summed E-state index contributed by atoms with van der Waals surface area (Å²) in [5.41, 5.74) is 1.31. The predicted molar refractivity (Wildman–Crippen MR) is 77.6 cm³/mol. The van der Waals surface area contributed by atoms with Crippen molar-refractivity contribution >= 4 is 11.7 Å². The largest absolute Gasteiger partial charge is 0.461 e. The predicted octanol–water partition coefficient (Wildman–Crippen LogP) is 3.13. The number of esters is 1. The van der Waals surface area contributed by atoms with Crippen LogP contribution in [0.4, 0.5) is 0 Å². The minimum Gasteiger partial charge on any atom is -0.461 e. The molecule has 1 aromatic rings. The Morgan fingerprint density at radius 3 is 2.65 bits per heavy atom. The fraction of sp³-hybridized carbons (Fsp3) is 0.500. The van der Waals surface area contributed by atoms with E-state index in [9.17, 15) is 4.79 Å². The number of rotatable bonds is 5. The number of nitrogens with zero attached hydrogens (tertiary/aromatic N) is 1. The second-order valence-corrected chi connectivity index (χ2v) is 5.25. The van der Waals surface area contributed by atoms with E-state index in [0.717, 1.165) is 12.0 Å². The normalized spacial score (nSPS) is 21.9. The van der Waals surface area contributed by atoms with Crippen LogP contribution in [0.15, 0.2) is 35.3 Å². The fourth-order valence-corrected chi connectivity index (χ4v) is 2.22. The van der Waals surface area contributed by atoms with E-state index < -0.39 is 6.10 Å². The van der Waals surface area contributed by atoms with Gasteiger partial charge in [-0.1, -0.05) is 44.2 Å². The highest BCUT2D eigenvalue weighted by Gasteiger charge is 2.35. The van der Waals surface area contributed by atoms with Crippen LogP contribution in [0.3, 0.4) is 0 Å². The number of benzene rings is 1. The highest BCUT2D eigenvalue weighted by Crippen LogP contribution is 2.30. The summed E-state index contributed by atoms with van der Waals surface area (Å²) in [7, 11) is 0. The van der Waals surface area contributed by atoms with Crippen molar-refractivity contribution in [3.8, 4) is 0 Å². The van der Waals surface area contributed by atoms with Crippen molar-refractivity contribution in [2.45, 2.75) is 39.5 Å². The summed E-state index contributed by atoms with van der Waals surface area (Å²) in [5.74, 6) is 0.0781. The fourth-order valence-electron chi connectivity index (χ4n) is 2.22. The van der Waals surface area contributed by atoms with Gasteiger partial charge in [0.05, 0.1) is 6.61 Å². The molecule has 1 aromatic carbocycles. The van der Waals surface area contributed by atoms with Crippen LogP contribution in [0, 0.1) is 5.92 Å². The van der Waals surface area contributed by atoms with Crippen LogP contribution >= 0.6 is 0 Å². The quantitative estimate of drug-likeness (QED) is 0.776. The lowest BCUT2D eigenvalue weighted by Gasteiger charge is -2.15. The van der Waals surface area contributed by atoms with Gasteiger partial charge in [-0.3, -0.25) is 0 Å². The SMILES string of the molecule is CCOC(=O)C1=N[C@@H](CC(C)C)O[C@@H]1c1ccccc1. The van der Waals surface area contributed by atoms with Gasteiger partial charge in [-0.2, -0.15) is 0 Å². The first-order chi connectivity index (χ1) is 9.61. The molecule has 108 valence electrons. The molecule has 0 amide bonds. The Hall–Kier alpha value is -1.68. The molecule has 0 N–H and O–H groups in total. The van der Waals surface area contributed by atoms with Crippen molar-refractivity contribution in [1.29, 1.82) is 0 Å². The zero-order valence-electron chi connectivity index (χ0n) is 12.2. The number of carbonyl (C=O) groups is 1. The molecule has 20 heavy (non-hydrogen) atoms. The zero-order valence-corrected chi connectivity index (χ0v) is 12.2. The molecule has 4 nitrogen and oxygen atoms in total. The molecule has 0 aromatic heterocycles. The average Bonchev–Trinajstić information content (AvgIpc) is 2.83. The van der Waals surface area contributed by atoms with Gasteiger partial charge in [0, 0.05) is 0 Å². The Morgan fingerprint density at radius 1 is 1.35 bits per heavy atom. The maximum atomic E-state index is 12.0. The zero-order chi connectivity index (χ0) is 14.5. The highest BCUT2D eigenvalue weighted by atomic mass is 16.5. The number of hydrogen-bond donors (Lipinski definition) is 0. The molecule has 2 atom stereocenters. The van der Waals surface area contributed by atoms with E-state index in [-0.39, 0.29) is 12.2 Å². The molecule has 0 unspecified atom stereocenters. The maximum absolute atomic E-state index is 12.0. The second kappa shape index (κ2) is 6.66. The minimum atomic E-state index is -0.418. The lowest BCUT2D eigenvalue weighted by Crippen LogP contribution is -2.22. The topological polar surface area (TPSA) is 47.9 Å². The molecule has 0 bridgehead atoms. The standard InChI is InChI=1S/C16H21NO3/c1-4-19-16(18)14-15(12-8-6-5-7-9-12)20-13(17-14)10-11(2)3/h5-9,11,13,15H,4,10H2,1-3H3/t13-,15-/m1/s1. The third-order valence-corrected chi connectivity index (χ3v) is 3.08. The summed E-state index contributed by atoms with van der Waals surface area (Å²) in [6.45, 7) is 6.35. The van der Waals surface area contributed by atoms with Gasteiger partial charge in [0.25, 0.3) is 0 Å². The van der Waals surface area contributed by atoms with E-state index in [1.165, 1.54) is 0 Å². The summed E-state index contributed by atoms with van der Waals surface area (Å²) in [4.78, 5) is 16.5. The Bertz CT molecular complexity index is 482. The van der Waals surface area contributed by atoms with Gasteiger partial charge in [0.1, 0.15) is 6.10 Å². The van der Waals surface area contributed by atoms with Crippen LogP contribution < -0.4 is 0 Å². The first kappa shape index (κ1) is 14.7. The molecule has 1 aliphatic rings. The third kappa shape index (κ3) is 3.45. The van der Waals surface area contributed by atoms with Crippen molar-refractivity contribution in [2.75, 3.05) is 6.61 Å². The van der Waals surface area contributed by atoms with Gasteiger partial charge in [0.15, 0.2) is 11.9 Å². The molecule has 1 heterocycles. The summed E-state index contributed by atoms with van der Waals surface area (Å²) in [6, 6.07) is 9.67. The van der Waals surface area contributed by atoms with Gasteiger partial charge in [0.2, 0.25) is 0 Å². The summed E-state index contributed by atoms with van der Waals surface area (Å²) < 4.78 is 11.0. The Labute approximate surface area is 119 Å². The number of carbonyl (C=O) groups excluding carboxylic acids is 1. The van der Waals surface area contributed by atoms with Crippen molar-refractivity contribution in [1.82, 2.24) is 0 Å². The number of hydrogen-bond acceptors (Lipinski definition) is 4. The Balaban J connectivity index is 2.22. The van der Waals surface area contributed by atoms with E-state index in [1.54, 1.807) is 6.92 Å². The molecular weight excluding hydrogens is 254 g/mol. The number of aliphatic imine (C=N–C) groups is 1. The van der Waals surface area contributed by atoms with Crippen LogP contribution in [0.25, 0.3) is 0 Å². The third-order valence-electron chi connectivity index (χ3n) is 3.08. The van der Waals surface area contributed by atoms with Gasteiger partial charge in [-0.05, 0) is 24.8 Å². The van der Waals surface area contributed by atoms with Gasteiger partial charge >= 0.3 is 5.97 Å². The minimum absolute atomic E-state index is 0.264. The molecule has 2 rings (SSSR count). The first-order valence-electron chi connectivity index (χ1n) is 7.07. The first-order valence-corrected chi connectivity index (χ1v) is 7.07. The molecule has 0 saturated heterocycles. The molecule has 1 aliphatic heterocycles. The van der Waals surface area contributed by atoms with Crippen molar-refractivity contribution in [3.05, 3.63) is 35.9 Å². The second-order valence-electron chi connectivity index (χ2n) is 5.25. The maximum Gasteiger partial charge on any atom is 0.355 e. The van der Waals surface area contributed by atoms with Crippen molar-refractivity contribution in [2.24, 2.45) is 10.9 Å². The average molecular weight is 275 g/mol. The van der Waals surface area contributed by atoms with Crippen LogP contribution in [0.2, 0.25) is 0 Å². The molecule has 0 aliphatic carbocycles. The Morgan fingerprint density at radius 2 is 2.05 bits per heavy atom. The van der Waals surface area contributed by atoms with E-state index in [4.69, 9.17) is 9.47 Å². The molecule has 0 fully saturated rings. The van der Waals surface area contributed by atoms with E-state index in [1.807, 2.05) is 30.3 Å². The monoisotopic (exact) mass is 275 g/mol. The highest BCUT2D eigenvalue weighted by molar-refractivity contribution is 6.38. The summed E-state index contributed by atoms with van der Waals surface area (Å²) in [6.07, 6.45) is 0.116. The van der Waals surface area contributed by atoms with Crippen LogP contribution in [-0.4, -0.2) is 24.5 Å². The lowest BCUT2D eigenvalue weighted by molar-refractivity contribution is -0.135. The summed E-state index contributed by atoms with van der Waals surface area (Å²) >= 11 is 0. The van der Waals surface area contributed by atoms with Crippen LogP contribution in [0.1, 0.15) is 38.9 Å². The smallest absolute Gasteiger partial charge is 0.355 e. The van der Waals surface area contributed by atoms with Crippen molar-refractivity contribution in [3.63, 3.8) is 0 Å². The lowest BCUT2D eigenvalue weighted by atomic mass is 10.1. The van der Waals surface area contributed by atoms with Crippen LogP contribution in [-0.2, 0) is 14.3 Å². The summed E-state index contributed by atoms with van der Waals surface area (Å²) in [5, 5.41) is 0. The number of ether oxygens (including phenoxy) is 2. The van der Waals surface area contributed by atoms with Crippen LogP contribution in [0.5, 0.6) is 0 Å².